The SMILES string of the molecule is CC(C#N)CN(C)C(=O)c1cncc(C=CC(=O)O)c1. The lowest BCUT2D eigenvalue weighted by Crippen LogP contribution is -2.30. The molecule has 0 saturated heterocycles. The maximum Gasteiger partial charge on any atom is 0.328 e. The van der Waals surface area contributed by atoms with Gasteiger partial charge in [0.05, 0.1) is 17.6 Å². The third-order valence-corrected chi connectivity index (χ3v) is 2.54. The Bertz CT molecular complexity index is 575. The molecule has 0 aliphatic rings. The summed E-state index contributed by atoms with van der Waals surface area (Å²) in [6.45, 7) is 2.05. The van der Waals surface area contributed by atoms with Gasteiger partial charge in [0.2, 0.25) is 0 Å². The van der Waals surface area contributed by atoms with E-state index in [2.05, 4.69) is 11.1 Å². The lowest BCUT2D eigenvalue weighted by Gasteiger charge is -2.18. The number of aliphatic carboxylic acids is 1. The zero-order chi connectivity index (χ0) is 15.1. The summed E-state index contributed by atoms with van der Waals surface area (Å²) >= 11 is 0. The van der Waals surface area contributed by atoms with Crippen molar-refractivity contribution in [2.75, 3.05) is 13.6 Å². The van der Waals surface area contributed by atoms with E-state index in [0.29, 0.717) is 17.7 Å². The number of pyridine rings is 1. The first-order valence-corrected chi connectivity index (χ1v) is 5.95. The standard InChI is InChI=1S/C14H15N3O3/c1-10(6-15)9-17(2)14(20)12-5-11(7-16-8-12)3-4-13(18)19/h3-5,7-8,10H,9H2,1-2H3,(H,18,19). The minimum Gasteiger partial charge on any atom is -0.478 e. The average Bonchev–Trinajstić information content (AvgIpc) is 2.44. The van der Waals surface area contributed by atoms with E-state index in [0.717, 1.165) is 6.08 Å². The molecule has 6 nitrogen and oxygen atoms in total. The normalized spacial score (nSPS) is 11.8. The molecule has 104 valence electrons. The summed E-state index contributed by atoms with van der Waals surface area (Å²) in [5, 5.41) is 17.3. The van der Waals surface area contributed by atoms with Crippen molar-refractivity contribution in [3.05, 3.63) is 35.7 Å². The first kappa shape index (κ1) is 15.4. The molecule has 0 saturated carbocycles. The molecule has 0 fully saturated rings. The predicted molar refractivity (Wildman–Crippen MR) is 72.6 cm³/mol. The van der Waals surface area contributed by atoms with Gasteiger partial charge in [-0.25, -0.2) is 4.79 Å². The fraction of sp³-hybridized carbons (Fsp3) is 0.286. The molecule has 1 N–H and O–H groups in total. The van der Waals surface area contributed by atoms with Crippen LogP contribution in [0.2, 0.25) is 0 Å². The summed E-state index contributed by atoms with van der Waals surface area (Å²) in [7, 11) is 1.61. The fourth-order valence-corrected chi connectivity index (χ4v) is 1.59. The third kappa shape index (κ3) is 4.53. The molecule has 0 aliphatic heterocycles. The number of nitriles is 1. The number of hydrogen-bond acceptors (Lipinski definition) is 4. The van der Waals surface area contributed by atoms with Crippen molar-refractivity contribution in [3.8, 4) is 6.07 Å². The average molecular weight is 273 g/mol. The molecule has 0 spiro atoms. The molecule has 1 amide bonds. The smallest absolute Gasteiger partial charge is 0.328 e. The maximum absolute atomic E-state index is 12.1. The summed E-state index contributed by atoms with van der Waals surface area (Å²) in [5.41, 5.74) is 0.880. The zero-order valence-electron chi connectivity index (χ0n) is 11.3. The van der Waals surface area contributed by atoms with E-state index < -0.39 is 5.97 Å². The molecule has 0 bridgehead atoms. The Morgan fingerprint density at radius 2 is 2.25 bits per heavy atom. The van der Waals surface area contributed by atoms with Crippen molar-refractivity contribution in [2.45, 2.75) is 6.92 Å². The van der Waals surface area contributed by atoms with Crippen molar-refractivity contribution in [1.29, 1.82) is 5.26 Å². The Balaban J connectivity index is 2.86. The molecule has 1 unspecified atom stereocenters. The van der Waals surface area contributed by atoms with Crippen molar-refractivity contribution in [2.24, 2.45) is 5.92 Å². The lowest BCUT2D eigenvalue weighted by molar-refractivity contribution is -0.131. The van der Waals surface area contributed by atoms with Crippen LogP contribution in [0.25, 0.3) is 6.08 Å². The summed E-state index contributed by atoms with van der Waals surface area (Å²) in [6.07, 6.45) is 5.22. The van der Waals surface area contributed by atoms with Crippen LogP contribution in [0.15, 0.2) is 24.5 Å². The molecular formula is C14H15N3O3. The fourth-order valence-electron chi connectivity index (χ4n) is 1.59. The van der Waals surface area contributed by atoms with Gasteiger partial charge in [0.1, 0.15) is 0 Å². The second-order valence-electron chi connectivity index (χ2n) is 4.39. The molecule has 1 aromatic rings. The molecule has 1 heterocycles. The topological polar surface area (TPSA) is 94.3 Å². The molecule has 20 heavy (non-hydrogen) atoms. The van der Waals surface area contributed by atoms with Gasteiger partial charge in [0, 0.05) is 32.1 Å². The van der Waals surface area contributed by atoms with Gasteiger partial charge >= 0.3 is 5.97 Å². The Labute approximate surface area is 117 Å². The highest BCUT2D eigenvalue weighted by Gasteiger charge is 2.14. The van der Waals surface area contributed by atoms with Crippen LogP contribution in [0.5, 0.6) is 0 Å². The molecule has 1 atom stereocenters. The lowest BCUT2D eigenvalue weighted by atomic mass is 10.1. The van der Waals surface area contributed by atoms with Gasteiger partial charge in [-0.15, -0.1) is 0 Å². The number of carbonyl (C=O) groups is 2. The predicted octanol–water partition coefficient (Wildman–Crippen LogP) is 1.41. The monoisotopic (exact) mass is 273 g/mol. The first-order chi connectivity index (χ1) is 9.43. The Hall–Kier alpha value is -2.68. The largest absolute Gasteiger partial charge is 0.478 e. The van der Waals surface area contributed by atoms with Crippen LogP contribution >= 0.6 is 0 Å². The van der Waals surface area contributed by atoms with Crippen molar-refractivity contribution in [3.63, 3.8) is 0 Å². The molecule has 0 aliphatic carbocycles. The van der Waals surface area contributed by atoms with Crippen LogP contribution in [0.1, 0.15) is 22.8 Å². The van der Waals surface area contributed by atoms with E-state index in [-0.39, 0.29) is 11.8 Å². The molecular weight excluding hydrogens is 258 g/mol. The van der Waals surface area contributed by atoms with Crippen LogP contribution in [0.4, 0.5) is 0 Å². The summed E-state index contributed by atoms with van der Waals surface area (Å²) in [6, 6.07) is 3.62. The number of carboxylic acid groups (broad SMARTS) is 1. The Kier molecular flexibility index (Phi) is 5.42. The summed E-state index contributed by atoms with van der Waals surface area (Å²) in [4.78, 5) is 27.9. The van der Waals surface area contributed by atoms with Crippen molar-refractivity contribution in [1.82, 2.24) is 9.88 Å². The summed E-state index contributed by atoms with van der Waals surface area (Å²) < 4.78 is 0. The van der Waals surface area contributed by atoms with Gasteiger partial charge in [0.15, 0.2) is 0 Å². The van der Waals surface area contributed by atoms with Gasteiger partial charge in [0.25, 0.3) is 5.91 Å². The quantitative estimate of drug-likeness (QED) is 0.818. The Morgan fingerprint density at radius 1 is 1.55 bits per heavy atom. The molecule has 1 aromatic heterocycles. The van der Waals surface area contributed by atoms with E-state index in [4.69, 9.17) is 10.4 Å². The minimum absolute atomic E-state index is 0.257. The van der Waals surface area contributed by atoms with Crippen LogP contribution in [-0.4, -0.2) is 40.5 Å². The van der Waals surface area contributed by atoms with Gasteiger partial charge in [-0.1, -0.05) is 0 Å². The van der Waals surface area contributed by atoms with E-state index in [1.807, 2.05) is 0 Å². The number of hydrogen-bond donors (Lipinski definition) is 1. The molecule has 6 heteroatoms. The third-order valence-electron chi connectivity index (χ3n) is 2.54. The number of nitrogens with zero attached hydrogens (tertiary/aromatic N) is 3. The number of carbonyl (C=O) groups excluding carboxylic acids is 1. The Morgan fingerprint density at radius 3 is 2.85 bits per heavy atom. The van der Waals surface area contributed by atoms with E-state index in [9.17, 15) is 9.59 Å². The number of aromatic nitrogens is 1. The van der Waals surface area contributed by atoms with Gasteiger partial charge in [-0.05, 0) is 24.6 Å². The van der Waals surface area contributed by atoms with Gasteiger partial charge in [-0.2, -0.15) is 5.26 Å². The highest BCUT2D eigenvalue weighted by atomic mass is 16.4. The molecule has 1 rings (SSSR count). The summed E-state index contributed by atoms with van der Waals surface area (Å²) in [5.74, 6) is -1.58. The second kappa shape index (κ2) is 7.04. The maximum atomic E-state index is 12.1. The second-order valence-corrected chi connectivity index (χ2v) is 4.39. The number of rotatable bonds is 5. The van der Waals surface area contributed by atoms with Crippen LogP contribution in [0.3, 0.4) is 0 Å². The van der Waals surface area contributed by atoms with Crippen LogP contribution in [0, 0.1) is 17.2 Å². The van der Waals surface area contributed by atoms with E-state index in [1.165, 1.54) is 23.4 Å². The van der Waals surface area contributed by atoms with Crippen molar-refractivity contribution >= 4 is 18.0 Å². The van der Waals surface area contributed by atoms with Crippen molar-refractivity contribution < 1.29 is 14.7 Å². The van der Waals surface area contributed by atoms with Gasteiger partial charge < -0.3 is 10.0 Å². The minimum atomic E-state index is -1.07. The highest BCUT2D eigenvalue weighted by molar-refractivity contribution is 5.94. The molecule has 0 radical (unpaired) electrons. The van der Waals surface area contributed by atoms with E-state index in [1.54, 1.807) is 20.0 Å². The number of amides is 1. The number of carboxylic acids is 1. The zero-order valence-corrected chi connectivity index (χ0v) is 11.3. The highest BCUT2D eigenvalue weighted by Crippen LogP contribution is 2.08. The van der Waals surface area contributed by atoms with Gasteiger partial charge in [-0.3, -0.25) is 9.78 Å². The molecule has 0 aromatic carbocycles. The van der Waals surface area contributed by atoms with Crippen LogP contribution < -0.4 is 0 Å². The first-order valence-electron chi connectivity index (χ1n) is 5.95. The van der Waals surface area contributed by atoms with E-state index >= 15 is 0 Å². The van der Waals surface area contributed by atoms with Crippen LogP contribution in [-0.2, 0) is 4.79 Å².